The third-order valence-corrected chi connectivity index (χ3v) is 3.15. The lowest BCUT2D eigenvalue weighted by Gasteiger charge is -2.14. The molecule has 0 heterocycles. The van der Waals surface area contributed by atoms with Crippen LogP contribution in [-0.4, -0.2) is 26.3 Å². The molecule has 0 amide bonds. The van der Waals surface area contributed by atoms with E-state index in [1.165, 1.54) is 16.3 Å². The predicted octanol–water partition coefficient (Wildman–Crippen LogP) is 3.01. The van der Waals surface area contributed by atoms with Crippen molar-refractivity contribution in [1.29, 1.82) is 0 Å². The molecule has 1 N–H and O–H groups in total. The third-order valence-electron chi connectivity index (χ3n) is 3.15. The summed E-state index contributed by atoms with van der Waals surface area (Å²) in [5, 5.41) is 6.08. The lowest BCUT2D eigenvalue weighted by molar-refractivity contribution is 0.196. The minimum Gasteiger partial charge on any atom is -0.383 e. The van der Waals surface area contributed by atoms with Crippen molar-refractivity contribution in [3.8, 4) is 0 Å². The summed E-state index contributed by atoms with van der Waals surface area (Å²) in [5.74, 6) is 0. The summed E-state index contributed by atoms with van der Waals surface area (Å²) < 4.78 is 5.04. The van der Waals surface area contributed by atoms with Crippen LogP contribution < -0.4 is 5.32 Å². The molecule has 0 spiro atoms. The lowest BCUT2D eigenvalue weighted by atomic mass is 10.0. The maximum Gasteiger partial charge on any atom is 0.0587 e. The van der Waals surface area contributed by atoms with Crippen LogP contribution in [0.4, 0.5) is 0 Å². The summed E-state index contributed by atoms with van der Waals surface area (Å²) in [5.41, 5.74) is 1.38. The Hall–Kier alpha value is -1.38. The van der Waals surface area contributed by atoms with Gasteiger partial charge in [-0.25, -0.2) is 0 Å². The number of fused-ring (bicyclic) bond motifs is 1. The smallest absolute Gasteiger partial charge is 0.0587 e. The van der Waals surface area contributed by atoms with Crippen LogP contribution >= 0.6 is 0 Å². The Bertz CT molecular complexity index is 495. The molecule has 0 aliphatic rings. The summed E-state index contributed by atoms with van der Waals surface area (Å²) in [6, 6.07) is 15.7. The zero-order chi connectivity index (χ0) is 12.8. The molecule has 0 aliphatic carbocycles. The number of benzene rings is 2. The summed E-state index contributed by atoms with van der Waals surface area (Å²) in [4.78, 5) is 0. The Labute approximate surface area is 109 Å². The Morgan fingerprint density at radius 1 is 1.11 bits per heavy atom. The maximum atomic E-state index is 5.04. The second-order valence-electron chi connectivity index (χ2n) is 4.73. The topological polar surface area (TPSA) is 21.3 Å². The van der Waals surface area contributed by atoms with Crippen LogP contribution in [0.15, 0.2) is 42.5 Å². The zero-order valence-corrected chi connectivity index (χ0v) is 11.1. The van der Waals surface area contributed by atoms with Gasteiger partial charge in [0.25, 0.3) is 0 Å². The van der Waals surface area contributed by atoms with Crippen molar-refractivity contribution in [2.45, 2.75) is 19.4 Å². The molecular weight excluding hydrogens is 222 g/mol. The molecule has 0 radical (unpaired) electrons. The van der Waals surface area contributed by atoms with E-state index in [1.54, 1.807) is 7.11 Å². The first-order valence-corrected chi connectivity index (χ1v) is 6.49. The van der Waals surface area contributed by atoms with Gasteiger partial charge in [-0.15, -0.1) is 0 Å². The van der Waals surface area contributed by atoms with Gasteiger partial charge >= 0.3 is 0 Å². The Kier molecular flexibility index (Phi) is 4.73. The van der Waals surface area contributed by atoms with Crippen LogP contribution in [0.2, 0.25) is 0 Å². The minimum absolute atomic E-state index is 0.473. The van der Waals surface area contributed by atoms with Crippen LogP contribution in [0.3, 0.4) is 0 Å². The molecule has 0 bridgehead atoms. The monoisotopic (exact) mass is 243 g/mol. The average molecular weight is 243 g/mol. The number of methoxy groups -OCH3 is 1. The molecule has 18 heavy (non-hydrogen) atoms. The second-order valence-corrected chi connectivity index (χ2v) is 4.73. The van der Waals surface area contributed by atoms with Crippen LogP contribution in [0.25, 0.3) is 10.8 Å². The van der Waals surface area contributed by atoms with Gasteiger partial charge in [0.1, 0.15) is 0 Å². The van der Waals surface area contributed by atoms with E-state index in [2.05, 4.69) is 54.7 Å². The molecule has 1 unspecified atom stereocenters. The summed E-state index contributed by atoms with van der Waals surface area (Å²) in [7, 11) is 1.73. The number of nitrogens with one attached hydrogen (secondary N) is 1. The zero-order valence-electron chi connectivity index (χ0n) is 11.1. The highest BCUT2D eigenvalue weighted by atomic mass is 16.5. The number of rotatable bonds is 6. The van der Waals surface area contributed by atoms with Gasteiger partial charge in [-0.05, 0) is 29.7 Å². The van der Waals surface area contributed by atoms with Gasteiger partial charge in [-0.1, -0.05) is 42.5 Å². The van der Waals surface area contributed by atoms with Gasteiger partial charge in [0.05, 0.1) is 6.61 Å². The van der Waals surface area contributed by atoms with Crippen molar-refractivity contribution in [3.05, 3.63) is 48.0 Å². The van der Waals surface area contributed by atoms with Gasteiger partial charge < -0.3 is 10.1 Å². The maximum absolute atomic E-state index is 5.04. The van der Waals surface area contributed by atoms with E-state index in [4.69, 9.17) is 4.74 Å². The molecule has 0 aromatic heterocycles. The van der Waals surface area contributed by atoms with Crippen LogP contribution in [0.5, 0.6) is 0 Å². The normalized spacial score (nSPS) is 12.8. The number of ether oxygens (including phenoxy) is 1. The highest BCUT2D eigenvalue weighted by molar-refractivity contribution is 5.82. The molecule has 0 aliphatic heterocycles. The van der Waals surface area contributed by atoms with E-state index in [1.807, 2.05) is 0 Å². The molecule has 0 saturated carbocycles. The third kappa shape index (κ3) is 3.56. The summed E-state index contributed by atoms with van der Waals surface area (Å²) in [6.45, 7) is 3.89. The lowest BCUT2D eigenvalue weighted by Crippen LogP contribution is -2.30. The Morgan fingerprint density at radius 3 is 2.67 bits per heavy atom. The van der Waals surface area contributed by atoms with E-state index in [0.717, 1.165) is 19.6 Å². The van der Waals surface area contributed by atoms with E-state index < -0.39 is 0 Å². The van der Waals surface area contributed by atoms with Gasteiger partial charge in [-0.3, -0.25) is 0 Å². The molecule has 0 fully saturated rings. The fraction of sp³-hybridized carbons (Fsp3) is 0.375. The minimum atomic E-state index is 0.473. The predicted molar refractivity (Wildman–Crippen MR) is 77.0 cm³/mol. The van der Waals surface area contributed by atoms with Crippen molar-refractivity contribution in [1.82, 2.24) is 5.32 Å². The fourth-order valence-corrected chi connectivity index (χ4v) is 2.20. The quantitative estimate of drug-likeness (QED) is 0.787. The summed E-state index contributed by atoms with van der Waals surface area (Å²) >= 11 is 0. The van der Waals surface area contributed by atoms with Crippen LogP contribution in [0.1, 0.15) is 12.5 Å². The highest BCUT2D eigenvalue weighted by Crippen LogP contribution is 2.16. The molecule has 2 rings (SSSR count). The van der Waals surface area contributed by atoms with Crippen LogP contribution in [0, 0.1) is 0 Å². The Morgan fingerprint density at radius 2 is 1.89 bits per heavy atom. The van der Waals surface area contributed by atoms with E-state index in [0.29, 0.717) is 6.04 Å². The first kappa shape index (κ1) is 13.1. The Balaban J connectivity index is 1.98. The highest BCUT2D eigenvalue weighted by Gasteiger charge is 2.03. The van der Waals surface area contributed by atoms with E-state index in [-0.39, 0.29) is 0 Å². The standard InChI is InChI=1S/C16H21NO/c1-13(17-9-10-18-2)11-14-7-8-15-5-3-4-6-16(15)12-14/h3-8,12-13,17H,9-11H2,1-2H3. The largest absolute Gasteiger partial charge is 0.383 e. The molecule has 2 aromatic carbocycles. The van der Waals surface area contributed by atoms with Gasteiger partial charge in [0.2, 0.25) is 0 Å². The van der Waals surface area contributed by atoms with E-state index >= 15 is 0 Å². The van der Waals surface area contributed by atoms with Gasteiger partial charge in [-0.2, -0.15) is 0 Å². The molecule has 2 heteroatoms. The average Bonchev–Trinajstić information content (AvgIpc) is 2.39. The van der Waals surface area contributed by atoms with Crippen molar-refractivity contribution in [2.75, 3.05) is 20.3 Å². The SMILES string of the molecule is COCCNC(C)Cc1ccc2ccccc2c1. The first-order valence-electron chi connectivity index (χ1n) is 6.49. The number of hydrogen-bond acceptors (Lipinski definition) is 2. The summed E-state index contributed by atoms with van der Waals surface area (Å²) in [6.07, 6.45) is 1.05. The molecule has 96 valence electrons. The van der Waals surface area contributed by atoms with Gasteiger partial charge in [0.15, 0.2) is 0 Å². The molecule has 2 nitrogen and oxygen atoms in total. The van der Waals surface area contributed by atoms with E-state index in [9.17, 15) is 0 Å². The second kappa shape index (κ2) is 6.53. The van der Waals surface area contributed by atoms with Gasteiger partial charge in [0, 0.05) is 19.7 Å². The molecule has 1 atom stereocenters. The van der Waals surface area contributed by atoms with Crippen molar-refractivity contribution >= 4 is 10.8 Å². The molecular formula is C16H21NO. The van der Waals surface area contributed by atoms with Crippen molar-refractivity contribution < 1.29 is 4.74 Å². The van der Waals surface area contributed by atoms with Crippen molar-refractivity contribution in [3.63, 3.8) is 0 Å². The van der Waals surface area contributed by atoms with Crippen molar-refractivity contribution in [2.24, 2.45) is 0 Å². The molecule has 2 aromatic rings. The number of hydrogen-bond donors (Lipinski definition) is 1. The first-order chi connectivity index (χ1) is 8.79. The fourth-order valence-electron chi connectivity index (χ4n) is 2.20. The molecule has 0 saturated heterocycles. The van der Waals surface area contributed by atoms with Crippen LogP contribution in [-0.2, 0) is 11.2 Å².